The van der Waals surface area contributed by atoms with Crippen molar-refractivity contribution in [1.82, 2.24) is 4.98 Å². The van der Waals surface area contributed by atoms with Gasteiger partial charge < -0.3 is 18.9 Å². The van der Waals surface area contributed by atoms with Crippen LogP contribution in [0.15, 0.2) is 63.9 Å². The number of esters is 1. The van der Waals surface area contributed by atoms with Gasteiger partial charge >= 0.3 is 17.7 Å². The summed E-state index contributed by atoms with van der Waals surface area (Å²) in [6.07, 6.45) is 3.05. The zero-order chi connectivity index (χ0) is 23.2. The summed E-state index contributed by atoms with van der Waals surface area (Å²) in [4.78, 5) is 39.1. The van der Waals surface area contributed by atoms with Crippen LogP contribution in [0.1, 0.15) is 30.9 Å². The highest BCUT2D eigenvalue weighted by molar-refractivity contribution is 5.90. The number of aromatic nitrogens is 1. The fourth-order valence-corrected chi connectivity index (χ4v) is 3.70. The van der Waals surface area contributed by atoms with Crippen molar-refractivity contribution in [2.24, 2.45) is 0 Å². The highest BCUT2D eigenvalue weighted by Gasteiger charge is 2.12. The SMILES string of the molecule is CCOC(=O)Nc1ccc2c(COC(=O)CCCc3c[nH]c4ccccc34)cc(=O)oc2c1. The molecule has 0 fully saturated rings. The molecule has 0 aliphatic rings. The van der Waals surface area contributed by atoms with Crippen LogP contribution in [0.5, 0.6) is 0 Å². The number of hydrogen-bond donors (Lipinski definition) is 2. The molecule has 0 aliphatic heterocycles. The maximum absolute atomic E-state index is 12.3. The Morgan fingerprint density at radius 3 is 2.73 bits per heavy atom. The van der Waals surface area contributed by atoms with Gasteiger partial charge in [0.05, 0.1) is 6.61 Å². The van der Waals surface area contributed by atoms with E-state index in [1.165, 1.54) is 12.1 Å². The maximum atomic E-state index is 12.3. The summed E-state index contributed by atoms with van der Waals surface area (Å²) < 4.78 is 15.5. The number of nitrogens with one attached hydrogen (secondary N) is 2. The molecule has 2 aromatic heterocycles. The van der Waals surface area contributed by atoms with Crippen LogP contribution in [-0.2, 0) is 27.3 Å². The summed E-state index contributed by atoms with van der Waals surface area (Å²) in [7, 11) is 0. The van der Waals surface area contributed by atoms with E-state index in [9.17, 15) is 14.4 Å². The topological polar surface area (TPSA) is 111 Å². The molecule has 2 N–H and O–H groups in total. The smallest absolute Gasteiger partial charge is 0.411 e. The van der Waals surface area contributed by atoms with Gasteiger partial charge in [-0.2, -0.15) is 0 Å². The van der Waals surface area contributed by atoms with E-state index in [1.54, 1.807) is 19.1 Å². The van der Waals surface area contributed by atoms with Crippen LogP contribution in [-0.4, -0.2) is 23.7 Å². The fraction of sp³-hybridized carbons (Fsp3) is 0.240. The number of hydrogen-bond acceptors (Lipinski definition) is 6. The van der Waals surface area contributed by atoms with Gasteiger partial charge in [0.15, 0.2) is 0 Å². The van der Waals surface area contributed by atoms with Crippen molar-refractivity contribution in [3.63, 3.8) is 0 Å². The number of rotatable bonds is 8. The highest BCUT2D eigenvalue weighted by atomic mass is 16.5. The number of carbonyl (C=O) groups is 2. The van der Waals surface area contributed by atoms with E-state index in [1.807, 2.05) is 24.4 Å². The second-order valence-electron chi connectivity index (χ2n) is 7.52. The Morgan fingerprint density at radius 2 is 1.88 bits per heavy atom. The average molecular weight is 448 g/mol. The lowest BCUT2D eigenvalue weighted by atomic mass is 10.1. The summed E-state index contributed by atoms with van der Waals surface area (Å²) in [6, 6.07) is 14.2. The van der Waals surface area contributed by atoms with Crippen molar-refractivity contribution in [3.05, 3.63) is 76.3 Å². The summed E-state index contributed by atoms with van der Waals surface area (Å²) >= 11 is 0. The molecule has 0 aliphatic carbocycles. The number of ether oxygens (including phenoxy) is 2. The minimum atomic E-state index is -0.600. The molecule has 0 radical (unpaired) electrons. The summed E-state index contributed by atoms with van der Waals surface area (Å²) in [5.41, 5.74) is 2.91. The second kappa shape index (κ2) is 10.0. The van der Waals surface area contributed by atoms with E-state index >= 15 is 0 Å². The van der Waals surface area contributed by atoms with Gasteiger partial charge in [-0.15, -0.1) is 0 Å². The third-order valence-corrected chi connectivity index (χ3v) is 5.24. The Balaban J connectivity index is 1.36. The molecule has 0 bridgehead atoms. The van der Waals surface area contributed by atoms with E-state index in [0.29, 0.717) is 23.1 Å². The molecule has 0 saturated heterocycles. The molecule has 0 atom stereocenters. The van der Waals surface area contributed by atoms with Crippen LogP contribution in [0.3, 0.4) is 0 Å². The molecule has 8 heteroatoms. The van der Waals surface area contributed by atoms with Gasteiger partial charge in [0, 0.05) is 52.3 Å². The zero-order valence-electron chi connectivity index (χ0n) is 18.2. The first-order valence-electron chi connectivity index (χ1n) is 10.7. The minimum absolute atomic E-state index is 0.0430. The lowest BCUT2D eigenvalue weighted by molar-refractivity contribution is -0.145. The third-order valence-electron chi connectivity index (χ3n) is 5.24. The molecule has 2 aromatic carbocycles. The van der Waals surface area contributed by atoms with Crippen LogP contribution in [0.4, 0.5) is 10.5 Å². The number of anilines is 1. The number of H-pyrrole nitrogens is 1. The standard InChI is InChI=1S/C25H24N2O6/c1-2-31-25(30)27-18-10-11-20-17(12-24(29)33-22(20)13-18)15-32-23(28)9-5-6-16-14-26-21-8-4-3-7-19(16)21/h3-4,7-8,10-14,26H,2,5-6,9,15H2,1H3,(H,27,30). The van der Waals surface area contributed by atoms with Crippen molar-refractivity contribution in [3.8, 4) is 0 Å². The largest absolute Gasteiger partial charge is 0.461 e. The normalized spacial score (nSPS) is 10.9. The van der Waals surface area contributed by atoms with Crippen molar-refractivity contribution in [2.75, 3.05) is 11.9 Å². The molecule has 8 nitrogen and oxygen atoms in total. The minimum Gasteiger partial charge on any atom is -0.461 e. The van der Waals surface area contributed by atoms with Gasteiger partial charge in [-0.25, -0.2) is 9.59 Å². The predicted octanol–water partition coefficient (Wildman–Crippen LogP) is 4.91. The number of carbonyl (C=O) groups excluding carboxylic acids is 2. The molecule has 0 saturated carbocycles. The van der Waals surface area contributed by atoms with E-state index in [-0.39, 0.29) is 31.2 Å². The molecule has 4 rings (SSSR count). The Morgan fingerprint density at radius 1 is 1.03 bits per heavy atom. The van der Waals surface area contributed by atoms with E-state index in [0.717, 1.165) is 22.9 Å². The van der Waals surface area contributed by atoms with E-state index in [2.05, 4.69) is 16.4 Å². The number of aromatic amines is 1. The molecule has 33 heavy (non-hydrogen) atoms. The first-order valence-corrected chi connectivity index (χ1v) is 10.7. The van der Waals surface area contributed by atoms with Gasteiger partial charge in [0.25, 0.3) is 0 Å². The summed E-state index contributed by atoms with van der Waals surface area (Å²) in [6.45, 7) is 1.90. The molecule has 0 unspecified atom stereocenters. The Bertz CT molecular complexity index is 1350. The second-order valence-corrected chi connectivity index (χ2v) is 7.52. The Hall–Kier alpha value is -4.07. The molecule has 2 heterocycles. The predicted molar refractivity (Wildman–Crippen MR) is 124 cm³/mol. The number of fused-ring (bicyclic) bond motifs is 2. The van der Waals surface area contributed by atoms with E-state index < -0.39 is 11.7 Å². The van der Waals surface area contributed by atoms with Gasteiger partial charge in [0.2, 0.25) is 0 Å². The van der Waals surface area contributed by atoms with Gasteiger partial charge in [-0.3, -0.25) is 10.1 Å². The van der Waals surface area contributed by atoms with Crippen molar-refractivity contribution in [2.45, 2.75) is 32.8 Å². The summed E-state index contributed by atoms with van der Waals surface area (Å²) in [5, 5.41) is 4.34. The molecule has 170 valence electrons. The van der Waals surface area contributed by atoms with Crippen LogP contribution in [0, 0.1) is 0 Å². The number of aryl methyl sites for hydroxylation is 1. The van der Waals surface area contributed by atoms with E-state index in [4.69, 9.17) is 13.9 Å². The zero-order valence-corrected chi connectivity index (χ0v) is 18.2. The van der Waals surface area contributed by atoms with Gasteiger partial charge in [0.1, 0.15) is 12.2 Å². The number of amides is 1. The molecule has 0 spiro atoms. The van der Waals surface area contributed by atoms with Gasteiger partial charge in [-0.1, -0.05) is 18.2 Å². The molecule has 4 aromatic rings. The lowest BCUT2D eigenvalue weighted by Gasteiger charge is -2.09. The monoisotopic (exact) mass is 448 g/mol. The number of benzene rings is 2. The lowest BCUT2D eigenvalue weighted by Crippen LogP contribution is -2.13. The van der Waals surface area contributed by atoms with Crippen LogP contribution >= 0.6 is 0 Å². The Labute approximate surface area is 189 Å². The fourth-order valence-electron chi connectivity index (χ4n) is 3.70. The van der Waals surface area contributed by atoms with Crippen LogP contribution < -0.4 is 10.9 Å². The molecule has 1 amide bonds. The molecular formula is C25H24N2O6. The maximum Gasteiger partial charge on any atom is 0.411 e. The van der Waals surface area contributed by atoms with Crippen molar-refractivity contribution in [1.29, 1.82) is 0 Å². The Kier molecular flexibility index (Phi) is 6.73. The first kappa shape index (κ1) is 22.1. The quantitative estimate of drug-likeness (QED) is 0.293. The average Bonchev–Trinajstić information content (AvgIpc) is 3.20. The van der Waals surface area contributed by atoms with Crippen LogP contribution in [0.25, 0.3) is 21.9 Å². The highest BCUT2D eigenvalue weighted by Crippen LogP contribution is 2.23. The third kappa shape index (κ3) is 5.41. The number of para-hydroxylation sites is 1. The summed E-state index contributed by atoms with van der Waals surface area (Å²) in [5.74, 6) is -0.336. The van der Waals surface area contributed by atoms with Crippen LogP contribution in [0.2, 0.25) is 0 Å². The van der Waals surface area contributed by atoms with Crippen molar-refractivity contribution >= 4 is 39.6 Å². The van der Waals surface area contributed by atoms with Crippen molar-refractivity contribution < 1.29 is 23.5 Å². The first-order chi connectivity index (χ1) is 16.0. The molecular weight excluding hydrogens is 424 g/mol. The van der Waals surface area contributed by atoms with Gasteiger partial charge in [-0.05, 0) is 43.5 Å².